The first-order valence-electron chi connectivity index (χ1n) is 6.37. The van der Waals surface area contributed by atoms with Crippen molar-refractivity contribution in [3.8, 4) is 0 Å². The average molecular weight is 252 g/mol. The van der Waals surface area contributed by atoms with Crippen LogP contribution in [0, 0.1) is 5.41 Å². The SMILES string of the molecule is C=CC(=O)N(CC)CC(=O)N1CC2(CCOC2)C1. The van der Waals surface area contributed by atoms with Gasteiger partial charge >= 0.3 is 0 Å². The van der Waals surface area contributed by atoms with E-state index < -0.39 is 0 Å². The zero-order valence-electron chi connectivity index (χ0n) is 10.9. The average Bonchev–Trinajstić information content (AvgIpc) is 2.82. The molecule has 0 bridgehead atoms. The molecule has 0 saturated carbocycles. The van der Waals surface area contributed by atoms with E-state index >= 15 is 0 Å². The lowest BCUT2D eigenvalue weighted by atomic mass is 9.79. The molecule has 1 spiro atoms. The van der Waals surface area contributed by atoms with Gasteiger partial charge < -0.3 is 14.5 Å². The highest BCUT2D eigenvalue weighted by atomic mass is 16.5. The van der Waals surface area contributed by atoms with Crippen molar-refractivity contribution in [1.29, 1.82) is 0 Å². The third-order valence-corrected chi connectivity index (χ3v) is 3.78. The van der Waals surface area contributed by atoms with Crippen molar-refractivity contribution >= 4 is 11.8 Å². The molecule has 5 nitrogen and oxygen atoms in total. The van der Waals surface area contributed by atoms with Gasteiger partial charge in [0.15, 0.2) is 0 Å². The highest BCUT2D eigenvalue weighted by Gasteiger charge is 2.47. The molecule has 2 aliphatic heterocycles. The number of hydrogen-bond donors (Lipinski definition) is 0. The van der Waals surface area contributed by atoms with E-state index in [1.807, 2.05) is 11.8 Å². The van der Waals surface area contributed by atoms with Crippen LogP contribution in [0.3, 0.4) is 0 Å². The largest absolute Gasteiger partial charge is 0.381 e. The Hall–Kier alpha value is -1.36. The summed E-state index contributed by atoms with van der Waals surface area (Å²) >= 11 is 0. The van der Waals surface area contributed by atoms with Crippen LogP contribution in [-0.2, 0) is 14.3 Å². The van der Waals surface area contributed by atoms with Crippen LogP contribution < -0.4 is 0 Å². The van der Waals surface area contributed by atoms with Gasteiger partial charge in [0.2, 0.25) is 11.8 Å². The Balaban J connectivity index is 1.82. The second kappa shape index (κ2) is 5.10. The number of ether oxygens (including phenoxy) is 1. The molecular formula is C13H20N2O3. The molecule has 0 unspecified atom stereocenters. The van der Waals surface area contributed by atoms with Gasteiger partial charge in [-0.25, -0.2) is 0 Å². The van der Waals surface area contributed by atoms with E-state index in [1.54, 1.807) is 0 Å². The lowest BCUT2D eigenvalue weighted by Gasteiger charge is -2.47. The molecule has 0 aliphatic carbocycles. The summed E-state index contributed by atoms with van der Waals surface area (Å²) in [6.45, 7) is 9.08. The van der Waals surface area contributed by atoms with Gasteiger partial charge in [0.1, 0.15) is 0 Å². The summed E-state index contributed by atoms with van der Waals surface area (Å²) in [5.74, 6) is -0.171. The third kappa shape index (κ3) is 2.41. The molecule has 0 N–H and O–H groups in total. The molecule has 18 heavy (non-hydrogen) atoms. The molecular weight excluding hydrogens is 232 g/mol. The molecule has 100 valence electrons. The van der Waals surface area contributed by atoms with Crippen LogP contribution in [-0.4, -0.2) is 61.0 Å². The Morgan fingerprint density at radius 1 is 1.50 bits per heavy atom. The van der Waals surface area contributed by atoms with Crippen molar-refractivity contribution in [3.05, 3.63) is 12.7 Å². The van der Waals surface area contributed by atoms with Crippen LogP contribution in [0.1, 0.15) is 13.3 Å². The first-order chi connectivity index (χ1) is 8.60. The minimum atomic E-state index is -0.190. The Labute approximate surface area is 107 Å². The van der Waals surface area contributed by atoms with Crippen molar-refractivity contribution in [1.82, 2.24) is 9.80 Å². The maximum atomic E-state index is 12.0. The predicted octanol–water partition coefficient (Wildman–Crippen LogP) is 0.270. The van der Waals surface area contributed by atoms with E-state index in [9.17, 15) is 9.59 Å². The van der Waals surface area contributed by atoms with E-state index in [-0.39, 0.29) is 23.8 Å². The summed E-state index contributed by atoms with van der Waals surface area (Å²) in [6.07, 6.45) is 2.29. The molecule has 0 aromatic carbocycles. The highest BCUT2D eigenvalue weighted by molar-refractivity contribution is 5.91. The van der Waals surface area contributed by atoms with Gasteiger partial charge in [-0.1, -0.05) is 6.58 Å². The van der Waals surface area contributed by atoms with E-state index in [0.29, 0.717) is 6.54 Å². The molecule has 2 amide bonds. The summed E-state index contributed by atoms with van der Waals surface area (Å²) in [6, 6.07) is 0. The smallest absolute Gasteiger partial charge is 0.246 e. The normalized spacial score (nSPS) is 20.6. The molecule has 2 heterocycles. The van der Waals surface area contributed by atoms with Crippen LogP contribution in [0.4, 0.5) is 0 Å². The van der Waals surface area contributed by atoms with Gasteiger partial charge in [-0.2, -0.15) is 0 Å². The van der Waals surface area contributed by atoms with Gasteiger partial charge in [-0.15, -0.1) is 0 Å². The molecule has 2 aliphatic rings. The quantitative estimate of drug-likeness (QED) is 0.675. The van der Waals surface area contributed by atoms with Crippen LogP contribution in [0.25, 0.3) is 0 Å². The number of carbonyl (C=O) groups excluding carboxylic acids is 2. The zero-order chi connectivity index (χ0) is 13.2. The number of likely N-dealkylation sites (N-methyl/N-ethyl adjacent to an activating group) is 1. The van der Waals surface area contributed by atoms with Crippen LogP contribution in [0.2, 0.25) is 0 Å². The minimum absolute atomic E-state index is 0.0181. The second-order valence-electron chi connectivity index (χ2n) is 5.11. The fraction of sp³-hybridized carbons (Fsp3) is 0.692. The Kier molecular flexibility index (Phi) is 3.71. The summed E-state index contributed by atoms with van der Waals surface area (Å²) in [5.41, 5.74) is 0.204. The highest BCUT2D eigenvalue weighted by Crippen LogP contribution is 2.38. The molecule has 0 aromatic rings. The van der Waals surface area contributed by atoms with Gasteiger partial charge in [0.05, 0.1) is 13.2 Å². The zero-order valence-corrected chi connectivity index (χ0v) is 10.9. The maximum absolute atomic E-state index is 12.0. The Morgan fingerprint density at radius 3 is 2.72 bits per heavy atom. The molecule has 0 atom stereocenters. The first-order valence-corrected chi connectivity index (χ1v) is 6.37. The molecule has 2 rings (SSSR count). The Morgan fingerprint density at radius 2 is 2.22 bits per heavy atom. The number of rotatable bonds is 4. The monoisotopic (exact) mass is 252 g/mol. The van der Waals surface area contributed by atoms with Crippen LogP contribution >= 0.6 is 0 Å². The Bertz CT molecular complexity index is 353. The fourth-order valence-electron chi connectivity index (χ4n) is 2.58. The van der Waals surface area contributed by atoms with Crippen molar-refractivity contribution in [2.75, 3.05) is 39.4 Å². The van der Waals surface area contributed by atoms with Gasteiger partial charge in [0.25, 0.3) is 0 Å². The molecule has 2 saturated heterocycles. The second-order valence-corrected chi connectivity index (χ2v) is 5.11. The van der Waals surface area contributed by atoms with E-state index in [1.165, 1.54) is 11.0 Å². The number of nitrogens with zero attached hydrogens (tertiary/aromatic N) is 2. The third-order valence-electron chi connectivity index (χ3n) is 3.78. The van der Waals surface area contributed by atoms with Gasteiger partial charge in [0, 0.05) is 31.7 Å². The number of hydrogen-bond acceptors (Lipinski definition) is 3. The van der Waals surface area contributed by atoms with E-state index in [2.05, 4.69) is 6.58 Å². The molecule has 0 aromatic heterocycles. The summed E-state index contributed by atoms with van der Waals surface area (Å²) in [7, 11) is 0. The molecule has 0 radical (unpaired) electrons. The number of carbonyl (C=O) groups is 2. The molecule has 5 heteroatoms. The summed E-state index contributed by atoms with van der Waals surface area (Å²) in [5, 5.41) is 0. The lowest BCUT2D eigenvalue weighted by Crippen LogP contribution is -2.60. The van der Waals surface area contributed by atoms with E-state index in [4.69, 9.17) is 4.74 Å². The standard InChI is InChI=1S/C13H20N2O3/c1-3-11(16)14(4-2)7-12(17)15-8-13(9-15)5-6-18-10-13/h3H,1,4-10H2,2H3. The topological polar surface area (TPSA) is 49.9 Å². The number of amides is 2. The van der Waals surface area contributed by atoms with Gasteiger partial charge in [-0.3, -0.25) is 9.59 Å². The van der Waals surface area contributed by atoms with Gasteiger partial charge in [-0.05, 0) is 19.4 Å². The van der Waals surface area contributed by atoms with E-state index in [0.717, 1.165) is 32.7 Å². The van der Waals surface area contributed by atoms with Crippen LogP contribution in [0.5, 0.6) is 0 Å². The maximum Gasteiger partial charge on any atom is 0.246 e. The predicted molar refractivity (Wildman–Crippen MR) is 66.9 cm³/mol. The van der Waals surface area contributed by atoms with Crippen molar-refractivity contribution in [2.45, 2.75) is 13.3 Å². The minimum Gasteiger partial charge on any atom is -0.381 e. The van der Waals surface area contributed by atoms with Crippen molar-refractivity contribution in [3.63, 3.8) is 0 Å². The summed E-state index contributed by atoms with van der Waals surface area (Å²) in [4.78, 5) is 26.8. The first kappa shape index (κ1) is 13.1. The van der Waals surface area contributed by atoms with Crippen molar-refractivity contribution in [2.24, 2.45) is 5.41 Å². The lowest BCUT2D eigenvalue weighted by molar-refractivity contribution is -0.147. The van der Waals surface area contributed by atoms with Crippen LogP contribution in [0.15, 0.2) is 12.7 Å². The van der Waals surface area contributed by atoms with Crippen molar-refractivity contribution < 1.29 is 14.3 Å². The summed E-state index contributed by atoms with van der Waals surface area (Å²) < 4.78 is 5.37. The molecule has 2 fully saturated rings. The number of likely N-dealkylation sites (tertiary alicyclic amines) is 1. The fourth-order valence-corrected chi connectivity index (χ4v) is 2.58.